The second-order valence-corrected chi connectivity index (χ2v) is 6.55. The Kier molecular flexibility index (Phi) is 4.84. The van der Waals surface area contributed by atoms with Gasteiger partial charge < -0.3 is 9.88 Å². The molecule has 0 aliphatic heterocycles. The van der Waals surface area contributed by atoms with Gasteiger partial charge in [-0.2, -0.15) is 0 Å². The van der Waals surface area contributed by atoms with Crippen molar-refractivity contribution in [3.63, 3.8) is 0 Å². The van der Waals surface area contributed by atoms with E-state index in [9.17, 15) is 9.59 Å². The summed E-state index contributed by atoms with van der Waals surface area (Å²) in [6.45, 7) is 4.56. The van der Waals surface area contributed by atoms with Crippen molar-refractivity contribution in [2.24, 2.45) is 0 Å². The van der Waals surface area contributed by atoms with Gasteiger partial charge in [0.05, 0.1) is 0 Å². The molecule has 0 fully saturated rings. The minimum atomic E-state index is -0.294. The number of hydrogen-bond acceptors (Lipinski definition) is 2. The van der Waals surface area contributed by atoms with Crippen LogP contribution in [0, 0.1) is 6.92 Å². The minimum absolute atomic E-state index is 0.150. The molecule has 4 heteroatoms. The number of H-pyrrole nitrogens is 1. The number of fused-ring (bicyclic) bond motifs is 1. The zero-order chi connectivity index (χ0) is 17.1. The van der Waals surface area contributed by atoms with E-state index in [1.54, 1.807) is 12.1 Å². The molecule has 1 aromatic carbocycles. The quantitative estimate of drug-likeness (QED) is 0.939. The fourth-order valence-corrected chi connectivity index (χ4v) is 3.53. The highest BCUT2D eigenvalue weighted by Crippen LogP contribution is 2.25. The van der Waals surface area contributed by atoms with Crippen LogP contribution in [-0.2, 0) is 12.8 Å². The van der Waals surface area contributed by atoms with Crippen molar-refractivity contribution < 1.29 is 4.79 Å². The van der Waals surface area contributed by atoms with Crippen molar-refractivity contribution in [2.75, 3.05) is 6.54 Å². The Bertz CT molecular complexity index is 794. The summed E-state index contributed by atoms with van der Waals surface area (Å²) in [6.07, 6.45) is 3.68. The van der Waals surface area contributed by atoms with Crippen LogP contribution in [0.25, 0.3) is 0 Å². The maximum atomic E-state index is 13.0. The number of aromatic nitrogens is 1. The fraction of sp³-hybridized carbons (Fsp3) is 0.400. The summed E-state index contributed by atoms with van der Waals surface area (Å²) in [6, 6.07) is 12.0. The summed E-state index contributed by atoms with van der Waals surface area (Å²) in [5, 5.41) is 0. The number of nitrogens with one attached hydrogen (secondary N) is 1. The topological polar surface area (TPSA) is 53.2 Å². The van der Waals surface area contributed by atoms with Gasteiger partial charge in [0.25, 0.3) is 11.5 Å². The first-order chi connectivity index (χ1) is 11.6. The maximum absolute atomic E-state index is 13.0. The molecular weight excluding hydrogens is 300 g/mol. The Morgan fingerprint density at radius 3 is 2.67 bits per heavy atom. The molecule has 24 heavy (non-hydrogen) atoms. The van der Waals surface area contributed by atoms with Gasteiger partial charge in [-0.3, -0.25) is 9.59 Å². The van der Waals surface area contributed by atoms with Crippen LogP contribution in [0.2, 0.25) is 0 Å². The van der Waals surface area contributed by atoms with Gasteiger partial charge >= 0.3 is 0 Å². The number of rotatable bonds is 4. The number of amides is 1. The van der Waals surface area contributed by atoms with E-state index in [2.05, 4.69) is 36.2 Å². The zero-order valence-electron chi connectivity index (χ0n) is 14.3. The molecule has 0 saturated carbocycles. The molecule has 1 aliphatic carbocycles. The van der Waals surface area contributed by atoms with Gasteiger partial charge in [0.2, 0.25) is 0 Å². The molecule has 0 radical (unpaired) electrons. The Labute approximate surface area is 142 Å². The lowest BCUT2D eigenvalue weighted by Gasteiger charge is -2.35. The molecule has 1 aromatic heterocycles. The zero-order valence-corrected chi connectivity index (χ0v) is 14.3. The third kappa shape index (κ3) is 3.28. The first-order valence-electron chi connectivity index (χ1n) is 8.68. The van der Waals surface area contributed by atoms with Gasteiger partial charge in [-0.25, -0.2) is 0 Å². The molecule has 0 saturated heterocycles. The van der Waals surface area contributed by atoms with Crippen LogP contribution in [0.5, 0.6) is 0 Å². The predicted octanol–water partition coefficient (Wildman–Crippen LogP) is 3.09. The predicted molar refractivity (Wildman–Crippen MR) is 95.4 cm³/mol. The van der Waals surface area contributed by atoms with Crippen molar-refractivity contribution in [3.05, 3.63) is 69.1 Å². The second kappa shape index (κ2) is 7.04. The van der Waals surface area contributed by atoms with Gasteiger partial charge in [0.1, 0.15) is 5.56 Å². The number of pyridine rings is 1. The van der Waals surface area contributed by atoms with E-state index < -0.39 is 0 Å². The molecule has 1 aliphatic rings. The normalized spacial score (nSPS) is 16.5. The summed E-state index contributed by atoms with van der Waals surface area (Å²) in [5.41, 5.74) is 3.42. The second-order valence-electron chi connectivity index (χ2n) is 6.55. The highest BCUT2D eigenvalue weighted by molar-refractivity contribution is 5.94. The van der Waals surface area contributed by atoms with Crippen LogP contribution in [0.1, 0.15) is 46.9 Å². The molecule has 1 heterocycles. The average Bonchev–Trinajstić information content (AvgIpc) is 2.59. The van der Waals surface area contributed by atoms with E-state index in [0.717, 1.165) is 31.4 Å². The van der Waals surface area contributed by atoms with Gasteiger partial charge in [-0.15, -0.1) is 0 Å². The van der Waals surface area contributed by atoms with E-state index >= 15 is 0 Å². The molecule has 1 N–H and O–H groups in total. The van der Waals surface area contributed by atoms with Crippen LogP contribution in [0.4, 0.5) is 0 Å². The monoisotopic (exact) mass is 324 g/mol. The van der Waals surface area contributed by atoms with E-state index in [0.29, 0.717) is 6.54 Å². The summed E-state index contributed by atoms with van der Waals surface area (Å²) in [5.74, 6) is -0.150. The average molecular weight is 324 g/mol. The third-order valence-electron chi connectivity index (χ3n) is 4.77. The smallest absolute Gasteiger partial charge is 0.260 e. The molecule has 1 atom stereocenters. The lowest BCUT2D eigenvalue weighted by Crippen LogP contribution is -2.45. The molecule has 1 amide bonds. The molecule has 0 unspecified atom stereocenters. The highest BCUT2D eigenvalue weighted by Gasteiger charge is 2.28. The lowest BCUT2D eigenvalue weighted by molar-refractivity contribution is 0.0660. The van der Waals surface area contributed by atoms with Crippen molar-refractivity contribution in [2.45, 2.75) is 45.6 Å². The van der Waals surface area contributed by atoms with Crippen molar-refractivity contribution in [3.8, 4) is 0 Å². The molecular formula is C20H24N2O2. The minimum Gasteiger partial charge on any atom is -0.335 e. The van der Waals surface area contributed by atoms with Crippen LogP contribution >= 0.6 is 0 Å². The Balaban J connectivity index is 1.87. The number of carbonyl (C=O) groups is 1. The van der Waals surface area contributed by atoms with E-state index in [4.69, 9.17) is 0 Å². The lowest BCUT2D eigenvalue weighted by atomic mass is 9.87. The molecule has 0 spiro atoms. The maximum Gasteiger partial charge on any atom is 0.260 e. The Morgan fingerprint density at radius 2 is 1.96 bits per heavy atom. The molecule has 4 nitrogen and oxygen atoms in total. The fourth-order valence-electron chi connectivity index (χ4n) is 3.53. The number of nitrogens with zero attached hydrogens (tertiary/aromatic N) is 1. The number of aryl methyl sites for hydroxylation is 2. The first-order valence-corrected chi connectivity index (χ1v) is 8.68. The van der Waals surface area contributed by atoms with Crippen molar-refractivity contribution in [1.82, 2.24) is 9.88 Å². The Morgan fingerprint density at radius 1 is 1.21 bits per heavy atom. The van der Waals surface area contributed by atoms with Crippen LogP contribution in [0.3, 0.4) is 0 Å². The number of carbonyl (C=O) groups excluding carboxylic acids is 1. The van der Waals surface area contributed by atoms with Gasteiger partial charge in [-0.05, 0) is 55.9 Å². The Hall–Kier alpha value is -2.36. The van der Waals surface area contributed by atoms with Crippen LogP contribution in [-0.4, -0.2) is 28.4 Å². The number of hydrogen-bond donors (Lipinski definition) is 1. The molecule has 126 valence electrons. The van der Waals surface area contributed by atoms with Crippen LogP contribution in [0.15, 0.2) is 41.2 Å². The van der Waals surface area contributed by atoms with Gasteiger partial charge in [0, 0.05) is 18.3 Å². The summed E-state index contributed by atoms with van der Waals surface area (Å²) in [4.78, 5) is 29.8. The summed E-state index contributed by atoms with van der Waals surface area (Å²) in [7, 11) is 0. The largest absolute Gasteiger partial charge is 0.335 e. The van der Waals surface area contributed by atoms with Gasteiger partial charge in [-0.1, -0.05) is 31.2 Å². The standard InChI is InChI=1S/C20H24N2O2/c1-3-12-22(20(24)18-11-8-14(2)21-19(18)23)17-10-9-15-6-4-5-7-16(15)13-17/h4-8,11,17H,3,9-10,12-13H2,1-2H3,(H,21,23)/t17-/m1/s1. The number of aromatic amines is 1. The molecule has 2 aromatic rings. The SMILES string of the molecule is CCCN(C(=O)c1ccc(C)[nH]c1=O)[C@@H]1CCc2ccccc2C1. The van der Waals surface area contributed by atoms with E-state index in [1.165, 1.54) is 11.1 Å². The first kappa shape index (κ1) is 16.5. The van der Waals surface area contributed by atoms with Crippen molar-refractivity contribution >= 4 is 5.91 Å². The summed E-state index contributed by atoms with van der Waals surface area (Å²) >= 11 is 0. The van der Waals surface area contributed by atoms with Crippen LogP contribution < -0.4 is 5.56 Å². The van der Waals surface area contributed by atoms with E-state index in [-0.39, 0.29) is 23.1 Å². The molecule has 0 bridgehead atoms. The van der Waals surface area contributed by atoms with E-state index in [1.807, 2.05) is 11.8 Å². The van der Waals surface area contributed by atoms with Gasteiger partial charge in [0.15, 0.2) is 0 Å². The molecule has 3 rings (SSSR count). The number of benzene rings is 1. The summed E-state index contributed by atoms with van der Waals surface area (Å²) < 4.78 is 0. The van der Waals surface area contributed by atoms with Crippen molar-refractivity contribution in [1.29, 1.82) is 0 Å². The third-order valence-corrected chi connectivity index (χ3v) is 4.77. The highest BCUT2D eigenvalue weighted by atomic mass is 16.2.